The molecule has 0 radical (unpaired) electrons. The van der Waals surface area contributed by atoms with Crippen molar-refractivity contribution in [3.8, 4) is 0 Å². The number of amides is 1. The Labute approximate surface area is 186 Å². The van der Waals surface area contributed by atoms with Crippen molar-refractivity contribution in [3.63, 3.8) is 0 Å². The molecule has 164 valence electrons. The molecule has 0 bridgehead atoms. The van der Waals surface area contributed by atoms with E-state index in [1.54, 1.807) is 10.7 Å². The average Bonchev–Trinajstić information content (AvgIpc) is 3.22. The van der Waals surface area contributed by atoms with E-state index in [9.17, 15) is 13.2 Å². The molecular weight excluding hydrogens is 468 g/mol. The molecule has 2 heterocycles. The number of carbonyl (C=O) groups is 1. The normalized spacial score (nSPS) is 19.2. The first-order valence-corrected chi connectivity index (χ1v) is 12.9. The van der Waals surface area contributed by atoms with Crippen LogP contribution in [0.1, 0.15) is 50.0 Å². The highest BCUT2D eigenvalue weighted by Gasteiger charge is 2.31. The summed E-state index contributed by atoms with van der Waals surface area (Å²) in [4.78, 5) is 15.0. The summed E-state index contributed by atoms with van der Waals surface area (Å²) < 4.78 is 26.4. The largest absolute Gasteiger partial charge is 0.310 e. The minimum absolute atomic E-state index is 0.0675. The molecule has 1 aromatic heterocycles. The number of anilines is 1. The maximum Gasteiger partial charge on any atom is 0.239 e. The number of aryl methyl sites for hydroxylation is 1. The molecule has 30 heavy (non-hydrogen) atoms. The van der Waals surface area contributed by atoms with Crippen molar-refractivity contribution < 1.29 is 13.2 Å². The molecule has 0 aliphatic carbocycles. The van der Waals surface area contributed by atoms with Crippen LogP contribution in [0.5, 0.6) is 0 Å². The molecule has 1 N–H and O–H groups in total. The van der Waals surface area contributed by atoms with Gasteiger partial charge in [0.2, 0.25) is 5.91 Å². The molecule has 7 nitrogen and oxygen atoms in total. The summed E-state index contributed by atoms with van der Waals surface area (Å²) in [6.45, 7) is 7.06. The Bertz CT molecular complexity index is 1010. The fourth-order valence-corrected chi connectivity index (χ4v) is 6.24. The molecule has 1 saturated heterocycles. The van der Waals surface area contributed by atoms with Crippen LogP contribution in [-0.4, -0.2) is 53.6 Å². The van der Waals surface area contributed by atoms with Crippen molar-refractivity contribution in [2.24, 2.45) is 0 Å². The number of hydrogen-bond acceptors (Lipinski definition) is 5. The minimum atomic E-state index is -3.04. The third kappa shape index (κ3) is 5.50. The van der Waals surface area contributed by atoms with E-state index in [2.05, 4.69) is 51.2 Å². The number of carbonyl (C=O) groups excluding carboxylic acids is 1. The maximum absolute atomic E-state index is 12.9. The second-order valence-electron chi connectivity index (χ2n) is 7.89. The van der Waals surface area contributed by atoms with Crippen LogP contribution in [0, 0.1) is 6.92 Å². The number of sulfone groups is 1. The van der Waals surface area contributed by atoms with Gasteiger partial charge < -0.3 is 5.32 Å². The highest BCUT2D eigenvalue weighted by molar-refractivity contribution is 9.10. The molecule has 1 aliphatic rings. The first-order valence-electron chi connectivity index (χ1n) is 10.2. The van der Waals surface area contributed by atoms with E-state index in [1.807, 2.05) is 25.1 Å². The van der Waals surface area contributed by atoms with Gasteiger partial charge in [-0.2, -0.15) is 5.10 Å². The molecule has 0 saturated carbocycles. The SMILES string of the molecule is CCCN(CC(=O)Nc1cc(C)nn1C1CCS(=O)(=O)C1)C(C)c1ccccc1Br. The van der Waals surface area contributed by atoms with Gasteiger partial charge in [-0.3, -0.25) is 9.69 Å². The molecule has 2 unspecified atom stereocenters. The van der Waals surface area contributed by atoms with Crippen molar-refractivity contribution in [2.45, 2.75) is 45.7 Å². The van der Waals surface area contributed by atoms with E-state index >= 15 is 0 Å². The Morgan fingerprint density at radius 3 is 2.77 bits per heavy atom. The van der Waals surface area contributed by atoms with Crippen LogP contribution in [0.4, 0.5) is 5.82 Å². The van der Waals surface area contributed by atoms with Gasteiger partial charge in [-0.25, -0.2) is 13.1 Å². The summed E-state index contributed by atoms with van der Waals surface area (Å²) in [6.07, 6.45) is 1.45. The molecule has 1 amide bonds. The van der Waals surface area contributed by atoms with Gasteiger partial charge in [0.1, 0.15) is 5.82 Å². The molecule has 3 rings (SSSR count). The standard InChI is InChI=1S/C21H29BrN4O3S/c1-4-10-25(16(3)18-7-5-6-8-19(18)22)13-21(27)23-20-12-15(2)24-26(20)17-9-11-30(28,29)14-17/h5-8,12,16-17H,4,9-11,13-14H2,1-3H3,(H,23,27). The first-order chi connectivity index (χ1) is 14.2. The summed E-state index contributed by atoms with van der Waals surface area (Å²) in [5, 5.41) is 7.40. The van der Waals surface area contributed by atoms with Gasteiger partial charge in [0.25, 0.3) is 0 Å². The minimum Gasteiger partial charge on any atom is -0.310 e. The fraction of sp³-hybridized carbons (Fsp3) is 0.524. The smallest absolute Gasteiger partial charge is 0.239 e. The van der Waals surface area contributed by atoms with Gasteiger partial charge >= 0.3 is 0 Å². The molecule has 1 aromatic carbocycles. The number of benzene rings is 1. The lowest BCUT2D eigenvalue weighted by Crippen LogP contribution is -2.36. The zero-order valence-electron chi connectivity index (χ0n) is 17.6. The van der Waals surface area contributed by atoms with E-state index in [1.165, 1.54) is 0 Å². The van der Waals surface area contributed by atoms with Crippen molar-refractivity contribution in [1.82, 2.24) is 14.7 Å². The van der Waals surface area contributed by atoms with Crippen molar-refractivity contribution >= 4 is 37.5 Å². The first kappa shape index (κ1) is 23.0. The van der Waals surface area contributed by atoms with E-state index < -0.39 is 9.84 Å². The monoisotopic (exact) mass is 496 g/mol. The van der Waals surface area contributed by atoms with E-state index in [-0.39, 0.29) is 36.0 Å². The summed E-state index contributed by atoms with van der Waals surface area (Å²) in [5.74, 6) is 0.657. The Kier molecular flexibility index (Phi) is 7.36. The molecule has 2 aromatic rings. The van der Waals surface area contributed by atoms with Crippen LogP contribution in [0.3, 0.4) is 0 Å². The van der Waals surface area contributed by atoms with Crippen molar-refractivity contribution in [3.05, 3.63) is 46.1 Å². The van der Waals surface area contributed by atoms with Crippen LogP contribution >= 0.6 is 15.9 Å². The second kappa shape index (κ2) is 9.62. The topological polar surface area (TPSA) is 84.3 Å². The number of rotatable bonds is 8. The lowest BCUT2D eigenvalue weighted by Gasteiger charge is -2.29. The molecule has 1 fully saturated rings. The Morgan fingerprint density at radius 1 is 1.40 bits per heavy atom. The van der Waals surface area contributed by atoms with Gasteiger partial charge in [0.15, 0.2) is 9.84 Å². The zero-order valence-corrected chi connectivity index (χ0v) is 20.0. The molecular formula is C21H29BrN4O3S. The maximum atomic E-state index is 12.9. The lowest BCUT2D eigenvalue weighted by atomic mass is 10.1. The summed E-state index contributed by atoms with van der Waals surface area (Å²) in [7, 11) is -3.04. The fourth-order valence-electron chi connectivity index (χ4n) is 3.93. The van der Waals surface area contributed by atoms with Gasteiger partial charge in [0.05, 0.1) is 29.8 Å². The number of nitrogens with one attached hydrogen (secondary N) is 1. The number of nitrogens with zero attached hydrogens (tertiary/aromatic N) is 3. The summed E-state index contributed by atoms with van der Waals surface area (Å²) >= 11 is 3.61. The Morgan fingerprint density at radius 2 is 2.13 bits per heavy atom. The zero-order chi connectivity index (χ0) is 21.9. The molecule has 9 heteroatoms. The quantitative estimate of drug-likeness (QED) is 0.601. The van der Waals surface area contributed by atoms with Crippen LogP contribution in [0.2, 0.25) is 0 Å². The lowest BCUT2D eigenvalue weighted by molar-refractivity contribution is -0.117. The molecule has 2 atom stereocenters. The number of hydrogen-bond donors (Lipinski definition) is 1. The second-order valence-corrected chi connectivity index (χ2v) is 11.0. The molecule has 1 aliphatic heterocycles. The van der Waals surface area contributed by atoms with Gasteiger partial charge in [-0.15, -0.1) is 0 Å². The van der Waals surface area contributed by atoms with Crippen LogP contribution in [0.25, 0.3) is 0 Å². The third-order valence-electron chi connectivity index (χ3n) is 5.44. The Balaban J connectivity index is 1.73. The van der Waals surface area contributed by atoms with Crippen molar-refractivity contribution in [1.29, 1.82) is 0 Å². The highest BCUT2D eigenvalue weighted by atomic mass is 79.9. The summed E-state index contributed by atoms with van der Waals surface area (Å²) in [5.41, 5.74) is 1.89. The highest BCUT2D eigenvalue weighted by Crippen LogP contribution is 2.29. The van der Waals surface area contributed by atoms with Crippen molar-refractivity contribution in [2.75, 3.05) is 29.9 Å². The van der Waals surface area contributed by atoms with Crippen LogP contribution in [0.15, 0.2) is 34.8 Å². The van der Waals surface area contributed by atoms with Crippen LogP contribution in [-0.2, 0) is 14.6 Å². The van der Waals surface area contributed by atoms with E-state index in [4.69, 9.17) is 0 Å². The van der Waals surface area contributed by atoms with Gasteiger partial charge in [-0.1, -0.05) is 41.1 Å². The van der Waals surface area contributed by atoms with Gasteiger partial charge in [0, 0.05) is 16.6 Å². The van der Waals surface area contributed by atoms with Gasteiger partial charge in [-0.05, 0) is 44.9 Å². The van der Waals surface area contributed by atoms with E-state index in [0.717, 1.165) is 28.7 Å². The predicted molar refractivity (Wildman–Crippen MR) is 122 cm³/mol. The Hall–Kier alpha value is -1.71. The molecule has 0 spiro atoms. The van der Waals surface area contributed by atoms with Crippen LogP contribution < -0.4 is 5.32 Å². The average molecular weight is 497 g/mol. The third-order valence-corrected chi connectivity index (χ3v) is 7.91. The summed E-state index contributed by atoms with van der Waals surface area (Å²) in [6, 6.07) is 9.68. The predicted octanol–water partition coefficient (Wildman–Crippen LogP) is 3.73. The van der Waals surface area contributed by atoms with E-state index in [0.29, 0.717) is 12.2 Å². The number of aromatic nitrogens is 2. The number of halogens is 1.